The summed E-state index contributed by atoms with van der Waals surface area (Å²) in [6.45, 7) is 4.42. The van der Waals surface area contributed by atoms with E-state index in [2.05, 4.69) is 200 Å². The van der Waals surface area contributed by atoms with Crippen LogP contribution in [0, 0.1) is 0 Å². The number of nitrogens with zero attached hydrogens (tertiary/aromatic N) is 1. The van der Waals surface area contributed by atoms with E-state index >= 15 is 0 Å². The van der Waals surface area contributed by atoms with Gasteiger partial charge in [-0.25, -0.2) is 0 Å². The third-order valence-electron chi connectivity index (χ3n) is 11.7. The van der Waals surface area contributed by atoms with Crippen LogP contribution in [0.15, 0.2) is 192 Å². The Morgan fingerprint density at radius 3 is 1.95 bits per heavy atom. The molecule has 0 aliphatic heterocycles. The van der Waals surface area contributed by atoms with Gasteiger partial charge in [-0.15, -0.1) is 11.3 Å². The van der Waals surface area contributed by atoms with Crippen LogP contribution in [0.25, 0.3) is 88.3 Å². The van der Waals surface area contributed by atoms with Crippen LogP contribution in [0.2, 0.25) is 0 Å². The lowest BCUT2D eigenvalue weighted by Crippen LogP contribution is -2.23. The summed E-state index contributed by atoms with van der Waals surface area (Å²) < 4.78 is 9.42. The number of hydrogen-bond acceptors (Lipinski definition) is 3. The lowest BCUT2D eigenvalue weighted by atomic mass is 9.88. The van der Waals surface area contributed by atoms with Crippen molar-refractivity contribution in [3.05, 3.63) is 214 Å². The number of anilines is 2. The van der Waals surface area contributed by atoms with Crippen molar-refractivity contribution >= 4 is 88.7 Å². The molecule has 278 valence electrons. The summed E-state index contributed by atoms with van der Waals surface area (Å²) in [5.74, 6) is 0.768. The standard InChI is InChI=1S/C56H37NOS/c1-3-40-45-24-13-16-31-52(45)59-56(40)36(2)41-20-11-14-28-49(41)57(50-29-17-27-48-44-23-12-15-30-51(44)58-55(48)50)54-47-26-10-8-22-43(47)42-21-7-9-25-46(42)53(54)39-34-32-38(33-35-39)37-18-5-4-6-19-37/h3-16,18-28,30-35H,1-2H3/b40-3-,56-36-. The monoisotopic (exact) mass is 771 g/mol. The van der Waals surface area contributed by atoms with Crippen LogP contribution in [0.1, 0.15) is 30.7 Å². The smallest absolute Gasteiger partial charge is 0.168 e. The normalized spacial score (nSPS) is 13.1. The van der Waals surface area contributed by atoms with Crippen molar-refractivity contribution in [1.82, 2.24) is 0 Å². The van der Waals surface area contributed by atoms with Crippen molar-refractivity contribution in [3.63, 3.8) is 0 Å². The second-order valence-electron chi connectivity index (χ2n) is 15.0. The van der Waals surface area contributed by atoms with Gasteiger partial charge < -0.3 is 4.42 Å². The maximum Gasteiger partial charge on any atom is 0.168 e. The Labute approximate surface area is 346 Å². The Morgan fingerprint density at radius 1 is 0.576 bits per heavy atom. The number of thiophene rings is 1. The highest BCUT2D eigenvalue weighted by Gasteiger charge is 2.31. The summed E-state index contributed by atoms with van der Waals surface area (Å²) in [5, 5.41) is 8.28. The summed E-state index contributed by atoms with van der Waals surface area (Å²) in [5.41, 5.74) is 18.8. The Hall–Kier alpha value is -7.38. The molecule has 0 spiro atoms. The average Bonchev–Trinajstić information content (AvgIpc) is 3.88. The molecule has 1 aliphatic carbocycles. The zero-order valence-corrected chi connectivity index (χ0v) is 33.5. The van der Waals surface area contributed by atoms with Gasteiger partial charge >= 0.3 is 0 Å². The molecule has 1 aliphatic rings. The summed E-state index contributed by atoms with van der Waals surface area (Å²) in [4.78, 5) is 2.41. The summed E-state index contributed by atoms with van der Waals surface area (Å²) in [6, 6.07) is 63.1. The van der Waals surface area contributed by atoms with Gasteiger partial charge in [0, 0.05) is 42.8 Å². The third-order valence-corrected chi connectivity index (χ3v) is 13.0. The number of rotatable bonds is 6. The molecule has 0 radical (unpaired) electrons. The average molecular weight is 772 g/mol. The molecule has 0 bridgehead atoms. The maximum atomic E-state index is 6.88. The molecule has 8 aromatic carbocycles. The molecule has 59 heavy (non-hydrogen) atoms. The van der Waals surface area contributed by atoms with Crippen LogP contribution < -0.4 is 14.7 Å². The fraction of sp³-hybridized carbons (Fsp3) is 0.0357. The summed E-state index contributed by atoms with van der Waals surface area (Å²) in [7, 11) is 0. The molecular formula is C56H37NOS. The van der Waals surface area contributed by atoms with Crippen LogP contribution in [-0.2, 0) is 0 Å². The van der Waals surface area contributed by atoms with E-state index in [1.807, 2.05) is 29.5 Å². The third kappa shape index (κ3) is 5.64. The highest BCUT2D eigenvalue weighted by Crippen LogP contribution is 2.51. The second-order valence-corrected chi connectivity index (χ2v) is 16.0. The lowest BCUT2D eigenvalue weighted by Gasteiger charge is -2.32. The van der Waals surface area contributed by atoms with Gasteiger partial charge in [-0.1, -0.05) is 170 Å². The number of fused-ring (bicyclic) bond motifs is 7. The largest absolute Gasteiger partial charge is 0.453 e. The first-order chi connectivity index (χ1) is 29.2. The predicted molar refractivity (Wildman–Crippen MR) is 251 cm³/mol. The maximum absolute atomic E-state index is 6.88. The number of benzene rings is 8. The highest BCUT2D eigenvalue weighted by molar-refractivity contribution is 7.17. The minimum atomic E-state index is 0.768. The van der Waals surface area contributed by atoms with Crippen molar-refractivity contribution in [2.24, 2.45) is 0 Å². The topological polar surface area (TPSA) is 16.4 Å². The molecule has 0 atom stereocenters. The minimum Gasteiger partial charge on any atom is -0.453 e. The van der Waals surface area contributed by atoms with E-state index in [9.17, 15) is 0 Å². The van der Waals surface area contributed by atoms with Gasteiger partial charge in [-0.2, -0.15) is 0 Å². The molecule has 10 aromatic rings. The van der Waals surface area contributed by atoms with Crippen LogP contribution in [0.4, 0.5) is 11.4 Å². The Kier molecular flexibility index (Phi) is 8.40. The molecule has 2 aromatic heterocycles. The molecule has 0 unspecified atom stereocenters. The van der Waals surface area contributed by atoms with E-state index in [1.165, 1.54) is 52.7 Å². The molecule has 11 rings (SSSR count). The molecule has 2 nitrogen and oxygen atoms in total. The molecule has 0 saturated heterocycles. The van der Waals surface area contributed by atoms with Crippen LogP contribution in [0.3, 0.4) is 0 Å². The van der Waals surface area contributed by atoms with Crippen molar-refractivity contribution in [1.29, 1.82) is 0 Å². The van der Waals surface area contributed by atoms with Gasteiger partial charge in [0.15, 0.2) is 5.76 Å². The molecule has 0 fully saturated rings. The predicted octanol–water partition coefficient (Wildman–Crippen LogP) is 14.3. The summed E-state index contributed by atoms with van der Waals surface area (Å²) >= 11 is 1.85. The fourth-order valence-electron chi connectivity index (χ4n) is 8.97. The Morgan fingerprint density at radius 2 is 1.17 bits per heavy atom. The van der Waals surface area contributed by atoms with Crippen LogP contribution in [0.5, 0.6) is 0 Å². The van der Waals surface area contributed by atoms with Gasteiger partial charge in [-0.3, -0.25) is 4.90 Å². The van der Waals surface area contributed by atoms with Crippen LogP contribution >= 0.6 is 11.3 Å². The van der Waals surface area contributed by atoms with E-state index in [1.54, 1.807) is 0 Å². The van der Waals surface area contributed by atoms with Gasteiger partial charge in [0.25, 0.3) is 0 Å². The van der Waals surface area contributed by atoms with E-state index in [0.717, 1.165) is 61.4 Å². The van der Waals surface area contributed by atoms with Gasteiger partial charge in [0.1, 0.15) is 11.3 Å². The van der Waals surface area contributed by atoms with Gasteiger partial charge in [-0.05, 0) is 86.8 Å². The first-order valence-corrected chi connectivity index (χ1v) is 20.9. The second kappa shape index (κ2) is 14.2. The lowest BCUT2D eigenvalue weighted by molar-refractivity contribution is 0.597. The van der Waals surface area contributed by atoms with E-state index in [4.69, 9.17) is 4.42 Å². The minimum absolute atomic E-state index is 0.768. The fourth-order valence-corrected chi connectivity index (χ4v) is 10.2. The number of para-hydroxylation sites is 2. The highest BCUT2D eigenvalue weighted by atomic mass is 32.1. The Bertz CT molecular complexity index is 3540. The first-order valence-electron chi connectivity index (χ1n) is 20.0. The van der Waals surface area contributed by atoms with Crippen molar-refractivity contribution in [2.45, 2.75) is 13.8 Å². The van der Waals surface area contributed by atoms with Crippen molar-refractivity contribution in [3.8, 4) is 22.3 Å². The molecule has 3 heteroatoms. The van der Waals surface area contributed by atoms with Gasteiger partial charge in [0.2, 0.25) is 0 Å². The number of furan rings is 1. The zero-order valence-electron chi connectivity index (χ0n) is 32.7. The number of hydrogen-bond donors (Lipinski definition) is 0. The molecule has 0 N–H and O–H groups in total. The zero-order chi connectivity index (χ0) is 39.5. The quantitative estimate of drug-likeness (QED) is 0.124. The molecule has 0 amide bonds. The Balaban J connectivity index is 1.28. The van der Waals surface area contributed by atoms with E-state index in [0.29, 0.717) is 0 Å². The van der Waals surface area contributed by atoms with Crippen LogP contribution in [-0.4, -0.2) is 0 Å². The van der Waals surface area contributed by atoms with E-state index < -0.39 is 0 Å². The van der Waals surface area contributed by atoms with Gasteiger partial charge in [0.05, 0.1) is 11.4 Å². The van der Waals surface area contributed by atoms with Crippen molar-refractivity contribution in [2.75, 3.05) is 4.90 Å². The molecule has 2 heterocycles. The SMILES string of the molecule is C/C=c1\c(=C(/C)c2ccccc2N(C2=C=C=Cc3c2oc2ccccc32)c2c(-c3ccc(-c4ccccc4)cc3)c3ccccc3c3ccccc23)sc2ccccc12. The molecule has 0 saturated carbocycles. The van der Waals surface area contributed by atoms with Crippen molar-refractivity contribution < 1.29 is 4.42 Å². The summed E-state index contributed by atoms with van der Waals surface area (Å²) in [6.07, 6.45) is 4.26. The van der Waals surface area contributed by atoms with E-state index in [-0.39, 0.29) is 0 Å². The molecular weight excluding hydrogens is 735 g/mol. The first kappa shape index (κ1) is 34.8.